The predicted molar refractivity (Wildman–Crippen MR) is 99.5 cm³/mol. The van der Waals surface area contributed by atoms with E-state index in [1.807, 2.05) is 12.1 Å². The molecule has 2 rings (SSSR count). The number of carbonyl (C=O) groups excluding carboxylic acids is 1. The van der Waals surface area contributed by atoms with Crippen LogP contribution in [0.1, 0.15) is 30.1 Å². The second kappa shape index (κ2) is 9.67. The maximum atomic E-state index is 12.3. The summed E-state index contributed by atoms with van der Waals surface area (Å²) in [5, 5.41) is 2.79. The molecule has 0 aliphatic rings. The van der Waals surface area contributed by atoms with Gasteiger partial charge in [0.25, 0.3) is 5.91 Å². The van der Waals surface area contributed by atoms with E-state index in [0.717, 1.165) is 12.8 Å². The summed E-state index contributed by atoms with van der Waals surface area (Å²) >= 11 is 0. The van der Waals surface area contributed by atoms with Crippen LogP contribution in [0.4, 0.5) is 11.4 Å². The molecular weight excluding hydrogens is 328 g/mol. The normalized spacial score (nSPS) is 9.75. The number of nitrogen functional groups attached to an aromatic ring is 1. The first-order chi connectivity index (χ1) is 11.2. The predicted octanol–water partition coefficient (Wildman–Crippen LogP) is 4.13. The first kappa shape index (κ1) is 19.6. The lowest BCUT2D eigenvalue weighted by Crippen LogP contribution is -2.13. The van der Waals surface area contributed by atoms with E-state index >= 15 is 0 Å². The standard InChI is InChI=1S/C18H22N2O3.ClH/c1-3-4-11-23-16-10-9-13(12-17(16)22-2)18(21)20-15-8-6-5-7-14(15)19;/h5-10,12H,3-4,11,19H2,1-2H3,(H,20,21);1H. The van der Waals surface area contributed by atoms with Gasteiger partial charge in [0.2, 0.25) is 0 Å². The topological polar surface area (TPSA) is 73.6 Å². The van der Waals surface area contributed by atoms with Crippen molar-refractivity contribution in [3.05, 3.63) is 48.0 Å². The zero-order valence-electron chi connectivity index (χ0n) is 13.9. The highest BCUT2D eigenvalue weighted by Gasteiger charge is 2.12. The summed E-state index contributed by atoms with van der Waals surface area (Å²) in [6.45, 7) is 2.72. The summed E-state index contributed by atoms with van der Waals surface area (Å²) in [5.74, 6) is 0.924. The molecule has 1 amide bonds. The third kappa shape index (κ3) is 5.06. The van der Waals surface area contributed by atoms with Crippen molar-refractivity contribution in [1.82, 2.24) is 0 Å². The maximum Gasteiger partial charge on any atom is 0.255 e. The van der Waals surface area contributed by atoms with Crippen molar-refractivity contribution in [3.63, 3.8) is 0 Å². The van der Waals surface area contributed by atoms with E-state index in [4.69, 9.17) is 15.2 Å². The number of rotatable bonds is 7. The molecule has 0 fully saturated rings. The SMILES string of the molecule is CCCCOc1ccc(C(=O)Nc2ccccc2N)cc1OC.Cl. The Morgan fingerprint density at radius 1 is 1.17 bits per heavy atom. The van der Waals surface area contributed by atoms with E-state index in [0.29, 0.717) is 35.0 Å². The Kier molecular flexibility index (Phi) is 7.92. The first-order valence-electron chi connectivity index (χ1n) is 7.62. The van der Waals surface area contributed by atoms with E-state index in [1.165, 1.54) is 0 Å². The van der Waals surface area contributed by atoms with Crippen molar-refractivity contribution in [2.24, 2.45) is 0 Å². The number of halogens is 1. The largest absolute Gasteiger partial charge is 0.493 e. The highest BCUT2D eigenvalue weighted by atomic mass is 35.5. The van der Waals surface area contributed by atoms with E-state index < -0.39 is 0 Å². The fourth-order valence-electron chi connectivity index (χ4n) is 2.06. The Hall–Kier alpha value is -2.40. The number of nitrogens with one attached hydrogen (secondary N) is 1. The molecular formula is C18H23ClN2O3. The number of carbonyl (C=O) groups is 1. The van der Waals surface area contributed by atoms with Gasteiger partial charge in [-0.1, -0.05) is 25.5 Å². The van der Waals surface area contributed by atoms with Gasteiger partial charge >= 0.3 is 0 Å². The highest BCUT2D eigenvalue weighted by Crippen LogP contribution is 2.29. The molecule has 0 saturated heterocycles. The molecule has 0 aliphatic carbocycles. The van der Waals surface area contributed by atoms with Gasteiger partial charge in [-0.15, -0.1) is 12.4 Å². The second-order valence-electron chi connectivity index (χ2n) is 5.11. The van der Waals surface area contributed by atoms with Gasteiger partial charge in [0.1, 0.15) is 0 Å². The van der Waals surface area contributed by atoms with Crippen LogP contribution in [0, 0.1) is 0 Å². The number of anilines is 2. The number of hydrogen-bond acceptors (Lipinski definition) is 4. The minimum absolute atomic E-state index is 0. The minimum Gasteiger partial charge on any atom is -0.493 e. The molecule has 2 aromatic carbocycles. The molecule has 6 heteroatoms. The van der Waals surface area contributed by atoms with Crippen LogP contribution in [0.2, 0.25) is 0 Å². The van der Waals surface area contributed by atoms with Crippen molar-refractivity contribution >= 4 is 29.7 Å². The number of ether oxygens (including phenoxy) is 2. The summed E-state index contributed by atoms with van der Waals surface area (Å²) in [4.78, 5) is 12.3. The van der Waals surface area contributed by atoms with Crippen LogP contribution in [-0.2, 0) is 0 Å². The molecule has 2 aromatic rings. The number of benzene rings is 2. The average molecular weight is 351 g/mol. The quantitative estimate of drug-likeness (QED) is 0.581. The molecule has 0 aromatic heterocycles. The first-order valence-corrected chi connectivity index (χ1v) is 7.62. The van der Waals surface area contributed by atoms with E-state index in [2.05, 4.69) is 12.2 Å². The van der Waals surface area contributed by atoms with Crippen LogP contribution in [0.15, 0.2) is 42.5 Å². The summed E-state index contributed by atoms with van der Waals surface area (Å²) in [7, 11) is 1.55. The molecule has 5 nitrogen and oxygen atoms in total. The van der Waals surface area contributed by atoms with Gasteiger partial charge in [0.15, 0.2) is 11.5 Å². The lowest BCUT2D eigenvalue weighted by atomic mass is 10.1. The number of methoxy groups -OCH3 is 1. The van der Waals surface area contributed by atoms with E-state index in [1.54, 1.807) is 37.4 Å². The molecule has 0 saturated carbocycles. The van der Waals surface area contributed by atoms with Crippen LogP contribution < -0.4 is 20.5 Å². The summed E-state index contributed by atoms with van der Waals surface area (Å²) in [5.41, 5.74) is 7.42. The highest BCUT2D eigenvalue weighted by molar-refractivity contribution is 6.06. The fourth-order valence-corrected chi connectivity index (χ4v) is 2.06. The van der Waals surface area contributed by atoms with Gasteiger partial charge in [-0.05, 0) is 36.8 Å². The van der Waals surface area contributed by atoms with Crippen LogP contribution in [0.25, 0.3) is 0 Å². The minimum atomic E-state index is -0.249. The molecule has 0 atom stereocenters. The lowest BCUT2D eigenvalue weighted by molar-refractivity contribution is 0.102. The van der Waals surface area contributed by atoms with Crippen molar-refractivity contribution in [2.75, 3.05) is 24.8 Å². The third-order valence-electron chi connectivity index (χ3n) is 3.39. The lowest BCUT2D eigenvalue weighted by Gasteiger charge is -2.12. The smallest absolute Gasteiger partial charge is 0.255 e. The maximum absolute atomic E-state index is 12.3. The van der Waals surface area contributed by atoms with Crippen molar-refractivity contribution in [1.29, 1.82) is 0 Å². The Morgan fingerprint density at radius 2 is 1.92 bits per heavy atom. The second-order valence-corrected chi connectivity index (χ2v) is 5.11. The molecule has 3 N–H and O–H groups in total. The Bertz CT molecular complexity index is 677. The van der Waals surface area contributed by atoms with Crippen LogP contribution in [0.5, 0.6) is 11.5 Å². The van der Waals surface area contributed by atoms with Gasteiger partial charge in [-0.2, -0.15) is 0 Å². The van der Waals surface area contributed by atoms with Gasteiger partial charge < -0.3 is 20.5 Å². The van der Waals surface area contributed by atoms with Crippen LogP contribution >= 0.6 is 12.4 Å². The molecule has 0 aliphatic heterocycles. The number of nitrogens with two attached hydrogens (primary N) is 1. The molecule has 0 spiro atoms. The van der Waals surface area contributed by atoms with Crippen LogP contribution in [-0.4, -0.2) is 19.6 Å². The third-order valence-corrected chi connectivity index (χ3v) is 3.39. The Balaban J connectivity index is 0.00000288. The molecule has 0 bridgehead atoms. The number of para-hydroxylation sites is 2. The summed E-state index contributed by atoms with van der Waals surface area (Å²) in [6.07, 6.45) is 2.03. The Morgan fingerprint density at radius 3 is 2.58 bits per heavy atom. The zero-order valence-corrected chi connectivity index (χ0v) is 14.7. The van der Waals surface area contributed by atoms with E-state index in [9.17, 15) is 4.79 Å². The summed E-state index contributed by atoms with van der Waals surface area (Å²) in [6, 6.07) is 12.2. The van der Waals surface area contributed by atoms with Gasteiger partial charge in [-0.3, -0.25) is 4.79 Å². The number of unbranched alkanes of at least 4 members (excludes halogenated alkanes) is 1. The van der Waals surface area contributed by atoms with Crippen molar-refractivity contribution in [2.45, 2.75) is 19.8 Å². The molecule has 0 heterocycles. The molecule has 130 valence electrons. The van der Waals surface area contributed by atoms with Crippen molar-refractivity contribution in [3.8, 4) is 11.5 Å². The van der Waals surface area contributed by atoms with Gasteiger partial charge in [-0.25, -0.2) is 0 Å². The Labute approximate surface area is 148 Å². The van der Waals surface area contributed by atoms with Gasteiger partial charge in [0.05, 0.1) is 25.1 Å². The monoisotopic (exact) mass is 350 g/mol. The molecule has 0 unspecified atom stereocenters. The van der Waals surface area contributed by atoms with Gasteiger partial charge in [0, 0.05) is 5.56 Å². The fraction of sp³-hybridized carbons (Fsp3) is 0.278. The van der Waals surface area contributed by atoms with E-state index in [-0.39, 0.29) is 18.3 Å². The number of hydrogen-bond donors (Lipinski definition) is 2. The van der Waals surface area contributed by atoms with Crippen molar-refractivity contribution < 1.29 is 14.3 Å². The zero-order chi connectivity index (χ0) is 16.7. The van der Waals surface area contributed by atoms with Crippen LogP contribution in [0.3, 0.4) is 0 Å². The molecule has 0 radical (unpaired) electrons. The number of amides is 1. The summed E-state index contributed by atoms with van der Waals surface area (Å²) < 4.78 is 11.0. The average Bonchev–Trinajstić information content (AvgIpc) is 2.57. The molecule has 24 heavy (non-hydrogen) atoms.